The summed E-state index contributed by atoms with van der Waals surface area (Å²) in [6, 6.07) is 3.54. The molecule has 0 amide bonds. The number of halogens is 1. The minimum atomic E-state index is -0.591. The average molecular weight is 248 g/mol. The molecule has 0 bridgehead atoms. The molecule has 0 aliphatic rings. The summed E-state index contributed by atoms with van der Waals surface area (Å²) in [5.74, 6) is 0.584. The fourth-order valence-corrected chi connectivity index (χ4v) is 1.49. The topological polar surface area (TPSA) is 45.4 Å². The van der Waals surface area contributed by atoms with Gasteiger partial charge in [0.15, 0.2) is 4.67 Å². The Morgan fingerprint density at radius 2 is 2.31 bits per heavy atom. The second-order valence-corrected chi connectivity index (χ2v) is 3.71. The van der Waals surface area contributed by atoms with Crippen molar-refractivity contribution < 1.29 is 9.52 Å². The molecule has 2 N–H and O–H groups in total. The monoisotopic (exact) mass is 247 g/mol. The lowest BCUT2D eigenvalue weighted by Gasteiger charge is -2.17. The third kappa shape index (κ3) is 2.83. The van der Waals surface area contributed by atoms with Gasteiger partial charge in [-0.05, 0) is 41.5 Å². The first kappa shape index (κ1) is 10.8. The molecule has 0 saturated carbocycles. The highest BCUT2D eigenvalue weighted by molar-refractivity contribution is 9.10. The zero-order chi connectivity index (χ0) is 9.84. The minimum absolute atomic E-state index is 0.00282. The number of aliphatic hydroxyl groups excluding tert-OH is 1. The summed E-state index contributed by atoms with van der Waals surface area (Å²) < 4.78 is 5.88. The Hall–Kier alpha value is -0.320. The van der Waals surface area contributed by atoms with Gasteiger partial charge in [0.1, 0.15) is 11.9 Å². The largest absolute Gasteiger partial charge is 0.452 e. The molecule has 1 rings (SSSR count). The number of furan rings is 1. The highest BCUT2D eigenvalue weighted by Gasteiger charge is 2.18. The normalized spacial score (nSPS) is 15.7. The lowest BCUT2D eigenvalue weighted by molar-refractivity contribution is 0.112. The number of hydrogen-bond acceptors (Lipinski definition) is 3. The van der Waals surface area contributed by atoms with Gasteiger partial charge in [0.05, 0.1) is 0 Å². The van der Waals surface area contributed by atoms with Crippen molar-refractivity contribution in [3.63, 3.8) is 0 Å². The molecule has 0 radical (unpaired) electrons. The lowest BCUT2D eigenvalue weighted by atomic mass is 10.1. The smallest absolute Gasteiger partial charge is 0.169 e. The molecular formula is C9H14BrNO2. The van der Waals surface area contributed by atoms with Crippen molar-refractivity contribution in [2.75, 3.05) is 6.54 Å². The Kier molecular flexibility index (Phi) is 3.96. The molecule has 0 spiro atoms. The number of rotatable bonds is 4. The molecular weight excluding hydrogens is 234 g/mol. The van der Waals surface area contributed by atoms with Crippen LogP contribution in [0.15, 0.2) is 21.2 Å². The van der Waals surface area contributed by atoms with E-state index in [9.17, 15) is 5.11 Å². The Bertz CT molecular complexity index is 262. The quantitative estimate of drug-likeness (QED) is 0.857. The molecule has 0 fully saturated rings. The molecule has 0 aliphatic heterocycles. The van der Waals surface area contributed by atoms with Gasteiger partial charge < -0.3 is 14.8 Å². The van der Waals surface area contributed by atoms with E-state index in [2.05, 4.69) is 21.2 Å². The van der Waals surface area contributed by atoms with Crippen LogP contribution in [0.25, 0.3) is 0 Å². The molecule has 0 aliphatic carbocycles. The maximum absolute atomic E-state index is 9.76. The molecule has 74 valence electrons. The summed E-state index contributed by atoms with van der Waals surface area (Å²) in [5, 5.41) is 12.9. The minimum Gasteiger partial charge on any atom is -0.452 e. The molecule has 2 atom stereocenters. The van der Waals surface area contributed by atoms with E-state index in [4.69, 9.17) is 4.42 Å². The number of hydrogen-bond donors (Lipinski definition) is 2. The van der Waals surface area contributed by atoms with Crippen molar-refractivity contribution in [2.24, 2.45) is 0 Å². The van der Waals surface area contributed by atoms with Crippen LogP contribution in [0.4, 0.5) is 0 Å². The van der Waals surface area contributed by atoms with Gasteiger partial charge in [-0.2, -0.15) is 0 Å². The summed E-state index contributed by atoms with van der Waals surface area (Å²) >= 11 is 3.19. The van der Waals surface area contributed by atoms with Crippen LogP contribution in [-0.2, 0) is 0 Å². The fourth-order valence-electron chi connectivity index (χ4n) is 1.17. The van der Waals surface area contributed by atoms with Crippen LogP contribution in [0.3, 0.4) is 0 Å². The maximum atomic E-state index is 9.76. The highest BCUT2D eigenvalue weighted by Crippen LogP contribution is 2.22. The van der Waals surface area contributed by atoms with E-state index in [1.54, 1.807) is 12.1 Å². The van der Waals surface area contributed by atoms with Crippen molar-refractivity contribution >= 4 is 15.9 Å². The zero-order valence-corrected chi connectivity index (χ0v) is 9.34. The van der Waals surface area contributed by atoms with E-state index in [1.807, 2.05) is 13.8 Å². The summed E-state index contributed by atoms with van der Waals surface area (Å²) in [5.41, 5.74) is 0. The molecule has 1 aromatic rings. The Morgan fingerprint density at radius 1 is 1.62 bits per heavy atom. The van der Waals surface area contributed by atoms with Crippen molar-refractivity contribution in [2.45, 2.75) is 26.0 Å². The van der Waals surface area contributed by atoms with Gasteiger partial charge in [0.2, 0.25) is 0 Å². The van der Waals surface area contributed by atoms with Crippen LogP contribution in [0.1, 0.15) is 25.7 Å². The van der Waals surface area contributed by atoms with Crippen molar-refractivity contribution in [1.82, 2.24) is 5.32 Å². The van der Waals surface area contributed by atoms with Gasteiger partial charge in [0, 0.05) is 6.04 Å². The zero-order valence-electron chi connectivity index (χ0n) is 7.75. The van der Waals surface area contributed by atoms with Crippen LogP contribution in [0, 0.1) is 0 Å². The second-order valence-electron chi connectivity index (χ2n) is 2.93. The summed E-state index contributed by atoms with van der Waals surface area (Å²) in [4.78, 5) is 0. The molecule has 0 aromatic carbocycles. The van der Waals surface area contributed by atoms with Crippen molar-refractivity contribution in [1.29, 1.82) is 0 Å². The number of likely N-dealkylation sites (N-methyl/N-ethyl adjacent to an activating group) is 1. The van der Waals surface area contributed by atoms with Gasteiger partial charge in [-0.1, -0.05) is 6.92 Å². The maximum Gasteiger partial charge on any atom is 0.169 e. The van der Waals surface area contributed by atoms with Crippen LogP contribution in [0.5, 0.6) is 0 Å². The Morgan fingerprint density at radius 3 is 2.77 bits per heavy atom. The SMILES string of the molecule is CCNC(C)C(O)c1ccc(Br)o1. The van der Waals surface area contributed by atoms with E-state index >= 15 is 0 Å². The third-order valence-electron chi connectivity index (χ3n) is 1.89. The summed E-state index contributed by atoms with van der Waals surface area (Å²) in [6.45, 7) is 4.76. The Labute approximate surface area is 86.3 Å². The van der Waals surface area contributed by atoms with Crippen LogP contribution in [0.2, 0.25) is 0 Å². The molecule has 1 aromatic heterocycles. The molecule has 4 heteroatoms. The van der Waals surface area contributed by atoms with E-state index in [1.165, 1.54) is 0 Å². The highest BCUT2D eigenvalue weighted by atomic mass is 79.9. The van der Waals surface area contributed by atoms with E-state index in [0.717, 1.165) is 6.54 Å². The van der Waals surface area contributed by atoms with E-state index in [-0.39, 0.29) is 6.04 Å². The first-order valence-electron chi connectivity index (χ1n) is 4.31. The predicted molar refractivity (Wildman–Crippen MR) is 54.5 cm³/mol. The van der Waals surface area contributed by atoms with Gasteiger partial charge in [0.25, 0.3) is 0 Å². The number of nitrogens with one attached hydrogen (secondary N) is 1. The molecule has 0 saturated heterocycles. The van der Waals surface area contributed by atoms with Gasteiger partial charge in [-0.3, -0.25) is 0 Å². The first-order chi connectivity index (χ1) is 6.15. The van der Waals surface area contributed by atoms with Gasteiger partial charge in [-0.15, -0.1) is 0 Å². The van der Waals surface area contributed by atoms with E-state index in [0.29, 0.717) is 10.4 Å². The van der Waals surface area contributed by atoms with Gasteiger partial charge in [-0.25, -0.2) is 0 Å². The molecule has 2 unspecified atom stereocenters. The lowest BCUT2D eigenvalue weighted by Crippen LogP contribution is -2.31. The van der Waals surface area contributed by atoms with Crippen molar-refractivity contribution in [3.05, 3.63) is 22.6 Å². The first-order valence-corrected chi connectivity index (χ1v) is 5.11. The predicted octanol–water partition coefficient (Wildman–Crippen LogP) is 2.07. The fraction of sp³-hybridized carbons (Fsp3) is 0.556. The standard InChI is InChI=1S/C9H14BrNO2/c1-3-11-6(2)9(12)7-4-5-8(10)13-7/h4-6,9,11-12H,3H2,1-2H3. The van der Waals surface area contributed by atoms with Crippen LogP contribution in [-0.4, -0.2) is 17.7 Å². The Balaban J connectivity index is 2.61. The summed E-state index contributed by atoms with van der Waals surface area (Å²) in [6.07, 6.45) is -0.591. The summed E-state index contributed by atoms with van der Waals surface area (Å²) in [7, 11) is 0. The van der Waals surface area contributed by atoms with Crippen LogP contribution >= 0.6 is 15.9 Å². The van der Waals surface area contributed by atoms with Crippen molar-refractivity contribution in [3.8, 4) is 0 Å². The van der Waals surface area contributed by atoms with E-state index < -0.39 is 6.10 Å². The average Bonchev–Trinajstić information content (AvgIpc) is 2.51. The molecule has 13 heavy (non-hydrogen) atoms. The van der Waals surface area contributed by atoms with Gasteiger partial charge >= 0.3 is 0 Å². The third-order valence-corrected chi connectivity index (χ3v) is 2.31. The molecule has 1 heterocycles. The molecule has 3 nitrogen and oxygen atoms in total. The van der Waals surface area contributed by atoms with Crippen LogP contribution < -0.4 is 5.32 Å². The number of aliphatic hydroxyl groups is 1. The second kappa shape index (κ2) is 4.79.